The maximum atomic E-state index is 13.3. The van der Waals surface area contributed by atoms with E-state index >= 15 is 0 Å². The Hall–Kier alpha value is -3.85. The minimum atomic E-state index is -0.262. The maximum absolute atomic E-state index is 13.3. The van der Waals surface area contributed by atoms with Crippen LogP contribution in [0, 0.1) is 5.82 Å². The molecule has 3 heterocycles. The third-order valence-electron chi connectivity index (χ3n) is 4.87. The van der Waals surface area contributed by atoms with E-state index in [0.717, 1.165) is 16.7 Å². The van der Waals surface area contributed by atoms with Crippen LogP contribution >= 0.6 is 0 Å². The number of hydrogen-bond donors (Lipinski definition) is 2. The summed E-state index contributed by atoms with van der Waals surface area (Å²) in [6.07, 6.45) is 8.63. The maximum Gasteiger partial charge on any atom is 0.150 e. The summed E-state index contributed by atoms with van der Waals surface area (Å²) in [4.78, 5) is 13.0. The van der Waals surface area contributed by atoms with E-state index in [2.05, 4.69) is 30.7 Å². The molecule has 0 radical (unpaired) electrons. The molecule has 0 fully saturated rings. The zero-order valence-corrected chi connectivity index (χ0v) is 17.9. The van der Waals surface area contributed by atoms with Crippen LogP contribution in [0.2, 0.25) is 0 Å². The van der Waals surface area contributed by atoms with Crippen molar-refractivity contribution in [2.75, 3.05) is 24.4 Å². The van der Waals surface area contributed by atoms with Crippen LogP contribution in [0.25, 0.3) is 11.1 Å². The van der Waals surface area contributed by atoms with E-state index in [1.807, 2.05) is 36.1 Å². The van der Waals surface area contributed by atoms with E-state index in [-0.39, 0.29) is 11.9 Å². The number of aromatic nitrogens is 5. The van der Waals surface area contributed by atoms with Gasteiger partial charge < -0.3 is 15.4 Å². The fourth-order valence-corrected chi connectivity index (χ4v) is 3.21. The van der Waals surface area contributed by atoms with Crippen molar-refractivity contribution in [3.63, 3.8) is 0 Å². The zero-order chi connectivity index (χ0) is 22.3. The van der Waals surface area contributed by atoms with Gasteiger partial charge in [0.05, 0.1) is 25.5 Å². The average Bonchev–Trinajstić information content (AvgIpc) is 3.28. The highest BCUT2D eigenvalue weighted by atomic mass is 19.1. The monoisotopic (exact) mass is 433 g/mol. The van der Waals surface area contributed by atoms with Crippen LogP contribution in [-0.4, -0.2) is 38.4 Å². The summed E-state index contributed by atoms with van der Waals surface area (Å²) in [5.41, 5.74) is 2.83. The number of ether oxygens (including phenoxy) is 1. The molecule has 3 aromatic heterocycles. The lowest BCUT2D eigenvalue weighted by Crippen LogP contribution is -2.09. The molecule has 0 saturated carbocycles. The summed E-state index contributed by atoms with van der Waals surface area (Å²) < 4.78 is 20.3. The molecule has 4 aromatic rings. The first kappa shape index (κ1) is 21.4. The standard InChI is InChI=1S/C23H24FN7O/c1-16(17-3-5-20(24)6-4-17)28-21-11-18(19-13-27-31(15-19)9-10-32-2)12-22(29-21)30-23-14-25-7-8-26-23/h3-8,11-16H,9-10H2,1-2H3,(H2,26,28,29,30). The van der Waals surface area contributed by atoms with E-state index in [1.54, 1.807) is 37.8 Å². The first-order valence-electron chi connectivity index (χ1n) is 10.2. The molecular weight excluding hydrogens is 409 g/mol. The van der Waals surface area contributed by atoms with Crippen molar-refractivity contribution in [2.24, 2.45) is 0 Å². The van der Waals surface area contributed by atoms with Crippen LogP contribution in [-0.2, 0) is 11.3 Å². The van der Waals surface area contributed by atoms with Gasteiger partial charge in [0.2, 0.25) is 0 Å². The lowest BCUT2D eigenvalue weighted by atomic mass is 10.1. The van der Waals surface area contributed by atoms with E-state index < -0.39 is 0 Å². The van der Waals surface area contributed by atoms with Crippen molar-refractivity contribution in [3.05, 3.63) is 78.8 Å². The Kier molecular flexibility index (Phi) is 6.66. The zero-order valence-electron chi connectivity index (χ0n) is 17.9. The lowest BCUT2D eigenvalue weighted by molar-refractivity contribution is 0.183. The van der Waals surface area contributed by atoms with E-state index in [9.17, 15) is 4.39 Å². The Morgan fingerprint density at radius 1 is 1.03 bits per heavy atom. The van der Waals surface area contributed by atoms with E-state index in [1.165, 1.54) is 12.1 Å². The summed E-state index contributed by atoms with van der Waals surface area (Å²) in [6.45, 7) is 3.25. The molecule has 32 heavy (non-hydrogen) atoms. The van der Waals surface area contributed by atoms with Gasteiger partial charge in [-0.05, 0) is 42.3 Å². The molecule has 0 amide bonds. The molecule has 8 nitrogen and oxygen atoms in total. The molecule has 1 aromatic carbocycles. The number of rotatable bonds is 9. The molecular formula is C23H24FN7O. The Balaban J connectivity index is 1.63. The van der Waals surface area contributed by atoms with Gasteiger partial charge in [-0.2, -0.15) is 5.10 Å². The van der Waals surface area contributed by atoms with Gasteiger partial charge in [-0.25, -0.2) is 14.4 Å². The lowest BCUT2D eigenvalue weighted by Gasteiger charge is -2.17. The van der Waals surface area contributed by atoms with Gasteiger partial charge in [-0.15, -0.1) is 0 Å². The molecule has 4 rings (SSSR count). The summed E-state index contributed by atoms with van der Waals surface area (Å²) in [5.74, 6) is 1.60. The van der Waals surface area contributed by atoms with Crippen LogP contribution in [0.5, 0.6) is 0 Å². The first-order valence-corrected chi connectivity index (χ1v) is 10.2. The number of nitrogens with zero attached hydrogens (tertiary/aromatic N) is 5. The smallest absolute Gasteiger partial charge is 0.150 e. The average molecular weight is 433 g/mol. The van der Waals surface area contributed by atoms with E-state index in [4.69, 9.17) is 4.74 Å². The van der Waals surface area contributed by atoms with Crippen LogP contribution in [0.4, 0.5) is 21.8 Å². The third-order valence-corrected chi connectivity index (χ3v) is 4.87. The molecule has 1 unspecified atom stereocenters. The van der Waals surface area contributed by atoms with Crippen LogP contribution in [0.3, 0.4) is 0 Å². The van der Waals surface area contributed by atoms with Crippen molar-refractivity contribution in [1.29, 1.82) is 0 Å². The van der Waals surface area contributed by atoms with Crippen LogP contribution in [0.15, 0.2) is 67.4 Å². The molecule has 0 aliphatic heterocycles. The van der Waals surface area contributed by atoms with Crippen molar-refractivity contribution in [2.45, 2.75) is 19.5 Å². The number of benzene rings is 1. The molecule has 0 spiro atoms. The van der Waals surface area contributed by atoms with E-state index in [0.29, 0.717) is 30.6 Å². The number of halogens is 1. The minimum Gasteiger partial charge on any atom is -0.383 e. The number of nitrogens with one attached hydrogen (secondary N) is 2. The van der Waals surface area contributed by atoms with Crippen LogP contribution in [0.1, 0.15) is 18.5 Å². The molecule has 0 aliphatic carbocycles. The quantitative estimate of drug-likeness (QED) is 0.403. The predicted molar refractivity (Wildman–Crippen MR) is 121 cm³/mol. The number of anilines is 3. The summed E-state index contributed by atoms with van der Waals surface area (Å²) in [7, 11) is 1.66. The van der Waals surface area contributed by atoms with Crippen molar-refractivity contribution in [3.8, 4) is 11.1 Å². The molecule has 0 saturated heterocycles. The van der Waals surface area contributed by atoms with Gasteiger partial charge in [0.25, 0.3) is 0 Å². The Morgan fingerprint density at radius 3 is 2.59 bits per heavy atom. The molecule has 9 heteroatoms. The number of hydrogen-bond acceptors (Lipinski definition) is 7. The van der Waals surface area contributed by atoms with Gasteiger partial charge in [-0.1, -0.05) is 12.1 Å². The third kappa shape index (κ3) is 5.44. The predicted octanol–water partition coefficient (Wildman–Crippen LogP) is 4.44. The minimum absolute atomic E-state index is 0.0767. The number of methoxy groups -OCH3 is 1. The fraction of sp³-hybridized carbons (Fsp3) is 0.217. The number of pyridine rings is 1. The molecule has 164 valence electrons. The van der Waals surface area contributed by atoms with Crippen molar-refractivity contribution < 1.29 is 9.13 Å². The van der Waals surface area contributed by atoms with Gasteiger partial charge in [0.1, 0.15) is 23.3 Å². The second-order valence-electron chi connectivity index (χ2n) is 7.24. The highest BCUT2D eigenvalue weighted by Crippen LogP contribution is 2.28. The highest BCUT2D eigenvalue weighted by molar-refractivity contribution is 5.71. The van der Waals surface area contributed by atoms with Crippen LogP contribution < -0.4 is 10.6 Å². The second kappa shape index (κ2) is 9.97. The Bertz CT molecular complexity index is 1150. The van der Waals surface area contributed by atoms with Gasteiger partial charge >= 0.3 is 0 Å². The van der Waals surface area contributed by atoms with Gasteiger partial charge in [-0.3, -0.25) is 9.67 Å². The topological polar surface area (TPSA) is 89.8 Å². The Labute approximate surface area is 185 Å². The SMILES string of the molecule is COCCn1cc(-c2cc(Nc3cnccn3)nc(NC(C)c3ccc(F)cc3)c2)cn1. The highest BCUT2D eigenvalue weighted by Gasteiger charge is 2.11. The van der Waals surface area contributed by atoms with Crippen molar-refractivity contribution >= 4 is 17.5 Å². The molecule has 1 atom stereocenters. The molecule has 0 bridgehead atoms. The molecule has 0 aliphatic rings. The molecule has 2 N–H and O–H groups in total. The largest absolute Gasteiger partial charge is 0.383 e. The summed E-state index contributed by atoms with van der Waals surface area (Å²) in [6, 6.07) is 10.2. The van der Waals surface area contributed by atoms with Crippen molar-refractivity contribution in [1.82, 2.24) is 24.7 Å². The van der Waals surface area contributed by atoms with Gasteiger partial charge in [0, 0.05) is 37.3 Å². The fourth-order valence-electron chi connectivity index (χ4n) is 3.21. The summed E-state index contributed by atoms with van der Waals surface area (Å²) in [5, 5.41) is 11.0. The normalized spacial score (nSPS) is 11.8. The summed E-state index contributed by atoms with van der Waals surface area (Å²) >= 11 is 0. The van der Waals surface area contributed by atoms with Gasteiger partial charge in [0.15, 0.2) is 0 Å². The second-order valence-corrected chi connectivity index (χ2v) is 7.24. The Morgan fingerprint density at radius 2 is 1.84 bits per heavy atom. The first-order chi connectivity index (χ1) is 15.6.